The number of aromatic amines is 1. The molecule has 4 rings (SSSR count). The van der Waals surface area contributed by atoms with Gasteiger partial charge in [-0.3, -0.25) is 24.2 Å². The van der Waals surface area contributed by atoms with Crippen molar-refractivity contribution < 1.29 is 23.9 Å². The van der Waals surface area contributed by atoms with Crippen molar-refractivity contribution in [3.63, 3.8) is 0 Å². The number of H-pyrrole nitrogens is 1. The zero-order valence-electron chi connectivity index (χ0n) is 24.2. The second-order valence-corrected chi connectivity index (χ2v) is 11.1. The first kappa shape index (κ1) is 29.5. The number of ether oxygens (including phenoxy) is 2. The van der Waals surface area contributed by atoms with Gasteiger partial charge in [0.1, 0.15) is 29.4 Å². The lowest BCUT2D eigenvalue weighted by Crippen LogP contribution is -2.25. The predicted octanol–water partition coefficient (Wildman–Crippen LogP) is 5.91. The molecule has 4 aromatic rings. The van der Waals surface area contributed by atoms with Gasteiger partial charge in [-0.05, 0) is 24.3 Å². The summed E-state index contributed by atoms with van der Waals surface area (Å²) in [5.41, 5.74) is 2.03. The lowest BCUT2D eigenvalue weighted by atomic mass is 9.91. The number of fused-ring (bicyclic) bond motifs is 2. The molecule has 2 aromatic heterocycles. The van der Waals surface area contributed by atoms with E-state index in [1.807, 2.05) is 78.8 Å². The van der Waals surface area contributed by atoms with Gasteiger partial charge in [0.2, 0.25) is 0 Å². The van der Waals surface area contributed by atoms with Crippen molar-refractivity contribution in [1.29, 1.82) is 0 Å². The van der Waals surface area contributed by atoms with Gasteiger partial charge in [0.05, 0.1) is 25.3 Å². The molecule has 9 nitrogen and oxygen atoms in total. The largest absolute Gasteiger partial charge is 0.497 e. The van der Waals surface area contributed by atoms with Gasteiger partial charge in [-0.2, -0.15) is 10.2 Å². The Morgan fingerprint density at radius 3 is 1.92 bits per heavy atom. The maximum Gasteiger partial charge on any atom is 0.186 e. The third-order valence-electron chi connectivity index (χ3n) is 6.37. The van der Waals surface area contributed by atoms with Crippen LogP contribution in [0.4, 0.5) is 0 Å². The average molecular weight is 535 g/mol. The quantitative estimate of drug-likeness (QED) is 0.279. The van der Waals surface area contributed by atoms with E-state index in [-0.39, 0.29) is 35.7 Å². The highest BCUT2D eigenvalue weighted by Crippen LogP contribution is 2.27. The Labute approximate surface area is 228 Å². The van der Waals surface area contributed by atoms with E-state index in [0.717, 1.165) is 27.6 Å². The molecule has 1 N–H and O–H groups in total. The van der Waals surface area contributed by atoms with Gasteiger partial charge >= 0.3 is 0 Å². The van der Waals surface area contributed by atoms with Crippen molar-refractivity contribution in [2.75, 3.05) is 14.2 Å². The molecule has 0 aliphatic heterocycles. The fraction of sp³-hybridized carbons (Fsp3) is 0.433. The number of methoxy groups -OCH3 is 2. The molecule has 0 radical (unpaired) electrons. The van der Waals surface area contributed by atoms with Crippen molar-refractivity contribution in [3.05, 3.63) is 47.8 Å². The second-order valence-electron chi connectivity index (χ2n) is 11.1. The van der Waals surface area contributed by atoms with Gasteiger partial charge in [0.15, 0.2) is 17.3 Å². The lowest BCUT2D eigenvalue weighted by molar-refractivity contribution is -0.127. The van der Waals surface area contributed by atoms with Gasteiger partial charge in [-0.25, -0.2) is 0 Å². The van der Waals surface area contributed by atoms with Crippen LogP contribution in [0.5, 0.6) is 11.5 Å². The molecular formula is C30H38N4O5. The Balaban J connectivity index is 0.000000230. The van der Waals surface area contributed by atoms with Crippen molar-refractivity contribution in [2.24, 2.45) is 17.3 Å². The van der Waals surface area contributed by atoms with E-state index in [1.54, 1.807) is 25.0 Å². The molecule has 0 aliphatic rings. The van der Waals surface area contributed by atoms with Crippen molar-refractivity contribution in [1.82, 2.24) is 20.0 Å². The van der Waals surface area contributed by atoms with Crippen LogP contribution in [-0.2, 0) is 11.3 Å². The minimum atomic E-state index is -0.459. The molecule has 0 amide bonds. The van der Waals surface area contributed by atoms with E-state index in [9.17, 15) is 14.4 Å². The number of ketones is 3. The highest BCUT2D eigenvalue weighted by Gasteiger charge is 2.25. The van der Waals surface area contributed by atoms with Crippen LogP contribution in [0.3, 0.4) is 0 Å². The van der Waals surface area contributed by atoms with E-state index in [2.05, 4.69) is 15.3 Å². The molecule has 0 bridgehead atoms. The van der Waals surface area contributed by atoms with Crippen LogP contribution in [0.25, 0.3) is 21.8 Å². The molecule has 0 aliphatic carbocycles. The molecule has 208 valence electrons. The first-order chi connectivity index (χ1) is 18.3. The number of carbonyl (C=O) groups excluding carboxylic acids is 3. The molecule has 0 saturated heterocycles. The SMILES string of the molecule is COc1ccc2c(C(=O)C(C)C)n[nH]c2c1.COc1ccc2c(C(=O)C(C)C)nn(CC(=O)C(C)(C)C)c2c1. The van der Waals surface area contributed by atoms with Crippen LogP contribution in [0.1, 0.15) is 69.4 Å². The van der Waals surface area contributed by atoms with Gasteiger partial charge < -0.3 is 9.47 Å². The summed E-state index contributed by atoms with van der Waals surface area (Å²) < 4.78 is 12.0. The molecule has 0 unspecified atom stereocenters. The van der Waals surface area contributed by atoms with Gasteiger partial charge in [0.25, 0.3) is 0 Å². The molecule has 2 heterocycles. The van der Waals surface area contributed by atoms with Gasteiger partial charge in [-0.15, -0.1) is 0 Å². The number of nitrogens with zero attached hydrogens (tertiary/aromatic N) is 3. The Morgan fingerprint density at radius 1 is 0.846 bits per heavy atom. The van der Waals surface area contributed by atoms with Crippen LogP contribution in [0, 0.1) is 17.3 Å². The third kappa shape index (κ3) is 6.53. The summed E-state index contributed by atoms with van der Waals surface area (Å²) in [7, 11) is 3.19. The fourth-order valence-electron chi connectivity index (χ4n) is 3.82. The standard InChI is InChI=1S/C18H24N2O3.C12H14N2O2/c1-11(2)17(22)16-13-8-7-12(23-6)9-14(13)20(19-16)10-15(21)18(3,4)5;1-7(2)12(15)11-9-5-4-8(16-3)6-10(9)13-14-11/h7-9,11H,10H2,1-6H3;4-7H,1-3H3,(H,13,14). The van der Waals surface area contributed by atoms with E-state index in [4.69, 9.17) is 9.47 Å². The normalized spacial score (nSPS) is 11.6. The van der Waals surface area contributed by atoms with Crippen molar-refractivity contribution in [2.45, 2.75) is 55.0 Å². The van der Waals surface area contributed by atoms with Gasteiger partial charge in [0, 0.05) is 40.2 Å². The Kier molecular flexibility index (Phi) is 8.94. The summed E-state index contributed by atoms with van der Waals surface area (Å²) in [6.07, 6.45) is 0. The Morgan fingerprint density at radius 2 is 1.38 bits per heavy atom. The van der Waals surface area contributed by atoms with Crippen molar-refractivity contribution >= 4 is 39.2 Å². The van der Waals surface area contributed by atoms with Crippen LogP contribution in [0.15, 0.2) is 36.4 Å². The summed E-state index contributed by atoms with van der Waals surface area (Å²) in [6, 6.07) is 11.0. The predicted molar refractivity (Wildman–Crippen MR) is 152 cm³/mol. The Bertz CT molecular complexity index is 1510. The molecule has 0 saturated carbocycles. The minimum Gasteiger partial charge on any atom is -0.497 e. The number of nitrogens with one attached hydrogen (secondary N) is 1. The first-order valence-electron chi connectivity index (χ1n) is 13.0. The molecule has 39 heavy (non-hydrogen) atoms. The molecule has 0 spiro atoms. The summed E-state index contributed by atoms with van der Waals surface area (Å²) in [5.74, 6) is 1.31. The summed E-state index contributed by atoms with van der Waals surface area (Å²) in [6.45, 7) is 13.2. The molecule has 0 atom stereocenters. The molecular weight excluding hydrogens is 496 g/mol. The zero-order chi connectivity index (χ0) is 29.1. The first-order valence-corrected chi connectivity index (χ1v) is 13.0. The highest BCUT2D eigenvalue weighted by atomic mass is 16.5. The number of aromatic nitrogens is 4. The molecule has 2 aromatic carbocycles. The molecule has 0 fully saturated rings. The van der Waals surface area contributed by atoms with Crippen LogP contribution < -0.4 is 9.47 Å². The second kappa shape index (κ2) is 11.8. The number of carbonyl (C=O) groups is 3. The average Bonchev–Trinajstić information content (AvgIpc) is 3.48. The van der Waals surface area contributed by atoms with E-state index in [1.165, 1.54) is 0 Å². The fourth-order valence-corrected chi connectivity index (χ4v) is 3.82. The summed E-state index contributed by atoms with van der Waals surface area (Å²) >= 11 is 0. The smallest absolute Gasteiger partial charge is 0.186 e. The lowest BCUT2D eigenvalue weighted by Gasteiger charge is -2.16. The third-order valence-corrected chi connectivity index (χ3v) is 6.37. The maximum atomic E-state index is 12.4. The minimum absolute atomic E-state index is 0.0258. The number of Topliss-reactive ketones (excluding diaryl/α,β-unsaturated/α-hetero) is 3. The number of benzene rings is 2. The topological polar surface area (TPSA) is 116 Å². The summed E-state index contributed by atoms with van der Waals surface area (Å²) in [4.78, 5) is 36.6. The van der Waals surface area contributed by atoms with E-state index >= 15 is 0 Å². The van der Waals surface area contributed by atoms with Gasteiger partial charge in [-0.1, -0.05) is 48.5 Å². The van der Waals surface area contributed by atoms with Crippen LogP contribution >= 0.6 is 0 Å². The van der Waals surface area contributed by atoms with E-state index < -0.39 is 5.41 Å². The number of hydrogen-bond donors (Lipinski definition) is 1. The Hall–Kier alpha value is -4.01. The highest BCUT2D eigenvalue weighted by molar-refractivity contribution is 6.08. The summed E-state index contributed by atoms with van der Waals surface area (Å²) in [5, 5.41) is 12.9. The molecule has 9 heteroatoms. The maximum absolute atomic E-state index is 12.4. The van der Waals surface area contributed by atoms with Crippen LogP contribution in [-0.4, -0.2) is 51.5 Å². The number of rotatable bonds is 8. The monoisotopic (exact) mass is 534 g/mol. The van der Waals surface area contributed by atoms with Crippen molar-refractivity contribution in [3.8, 4) is 11.5 Å². The number of hydrogen-bond acceptors (Lipinski definition) is 7. The van der Waals surface area contributed by atoms with Crippen LogP contribution in [0.2, 0.25) is 0 Å². The van der Waals surface area contributed by atoms with E-state index in [0.29, 0.717) is 17.1 Å². The zero-order valence-corrected chi connectivity index (χ0v) is 24.2.